The van der Waals surface area contributed by atoms with Crippen LogP contribution in [0.5, 0.6) is 0 Å². The molecule has 0 aliphatic heterocycles. The van der Waals surface area contributed by atoms with Crippen LogP contribution >= 0.6 is 0 Å². The largest absolute Gasteiger partial charge is 0.321 e. The Hall–Kier alpha value is -5.11. The summed E-state index contributed by atoms with van der Waals surface area (Å²) in [6.45, 7) is 1.59. The second-order valence-corrected chi connectivity index (χ2v) is 11.6. The number of ketones is 3. The minimum absolute atomic E-state index is 0.0980. The van der Waals surface area contributed by atoms with Crippen molar-refractivity contribution in [1.29, 1.82) is 0 Å². The highest BCUT2D eigenvalue weighted by Crippen LogP contribution is 2.33. The molecule has 2 aromatic heterocycles. The van der Waals surface area contributed by atoms with Gasteiger partial charge in [0, 0.05) is 53.6 Å². The number of anilines is 1. The Labute approximate surface area is 267 Å². The predicted octanol–water partition coefficient (Wildman–Crippen LogP) is 7.90. The Morgan fingerprint density at radius 1 is 0.696 bits per heavy atom. The Morgan fingerprint density at radius 2 is 1.28 bits per heavy atom. The lowest BCUT2D eigenvalue weighted by Gasteiger charge is -2.24. The summed E-state index contributed by atoms with van der Waals surface area (Å²) in [6.07, 6.45) is 8.03. The summed E-state index contributed by atoms with van der Waals surface area (Å²) in [6, 6.07) is 23.3. The number of aromatic nitrogens is 2. The van der Waals surface area contributed by atoms with Crippen molar-refractivity contribution in [1.82, 2.24) is 9.97 Å². The monoisotopic (exact) mass is 617 g/mol. The first kappa shape index (κ1) is 32.3. The summed E-state index contributed by atoms with van der Waals surface area (Å²) >= 11 is 0. The van der Waals surface area contributed by atoms with Crippen molar-refractivity contribution in [3.63, 3.8) is 0 Å². The highest BCUT2D eigenvalue weighted by Gasteiger charge is 2.48. The molecule has 3 aromatic carbocycles. The molecule has 5 rings (SSSR count). The lowest BCUT2D eigenvalue weighted by atomic mass is 9.85. The van der Waals surface area contributed by atoms with E-state index >= 15 is 4.39 Å². The van der Waals surface area contributed by atoms with Gasteiger partial charge in [0.15, 0.2) is 11.6 Å². The number of hydrogen-bond acceptors (Lipinski definition) is 6. The fourth-order valence-corrected chi connectivity index (χ4v) is 5.66. The fraction of sp³-hybridized carbons (Fsp3) is 0.263. The van der Waals surface area contributed by atoms with Gasteiger partial charge >= 0.3 is 0 Å². The maximum atomic E-state index is 17.3. The zero-order chi connectivity index (χ0) is 32.5. The number of carbonyl (C=O) groups is 4. The minimum Gasteiger partial charge on any atom is -0.321 e. The lowest BCUT2D eigenvalue weighted by Crippen LogP contribution is -2.44. The van der Waals surface area contributed by atoms with Gasteiger partial charge in [-0.2, -0.15) is 0 Å². The van der Waals surface area contributed by atoms with Crippen molar-refractivity contribution in [2.75, 3.05) is 5.32 Å². The molecule has 0 saturated heterocycles. The van der Waals surface area contributed by atoms with Gasteiger partial charge in [-0.3, -0.25) is 24.4 Å². The van der Waals surface area contributed by atoms with Crippen LogP contribution in [-0.4, -0.2) is 33.2 Å². The number of fused-ring (bicyclic) bond motifs is 2. The van der Waals surface area contributed by atoms with E-state index in [1.54, 1.807) is 55.7 Å². The van der Waals surface area contributed by atoms with E-state index < -0.39 is 17.4 Å². The number of amides is 1. The Kier molecular flexibility index (Phi) is 10.4. The molecule has 0 radical (unpaired) electrons. The molecule has 7 nitrogen and oxygen atoms in total. The first-order valence-electron chi connectivity index (χ1n) is 15.6. The fourth-order valence-electron chi connectivity index (χ4n) is 5.66. The van der Waals surface area contributed by atoms with Gasteiger partial charge in [-0.25, -0.2) is 4.39 Å². The normalized spacial score (nSPS) is 12.5. The lowest BCUT2D eigenvalue weighted by molar-refractivity contribution is -0.141. The number of para-hydroxylation sites is 2. The number of nitrogens with one attached hydrogen (secondary N) is 1. The Morgan fingerprint density at radius 3 is 1.98 bits per heavy atom. The Balaban J connectivity index is 1.38. The first-order valence-corrected chi connectivity index (χ1v) is 15.6. The van der Waals surface area contributed by atoms with Gasteiger partial charge in [0.05, 0.1) is 16.7 Å². The van der Waals surface area contributed by atoms with E-state index in [0.717, 1.165) is 36.5 Å². The van der Waals surface area contributed by atoms with Crippen LogP contribution < -0.4 is 5.32 Å². The van der Waals surface area contributed by atoms with E-state index in [1.807, 2.05) is 24.3 Å². The number of nitrogens with zero attached hydrogens (tertiary/aromatic N) is 2. The molecule has 0 aliphatic rings. The standard InChI is InChI=1S/C38H36FN3O4/c1-26(43)11-5-3-2-4-6-18-33(44)27-19-21-31(22-20-27)38(39,34(45)25-30-14-7-12-28-15-9-23-40-35(28)30)37(46)42-32-17-8-13-29-16-10-24-41-36(29)32/h7-10,12-17,19-24H,2-6,11,18,25H2,1H3,(H,42,46). The summed E-state index contributed by atoms with van der Waals surface area (Å²) in [5.41, 5.74) is -1.07. The second-order valence-electron chi connectivity index (χ2n) is 11.6. The van der Waals surface area contributed by atoms with Crippen LogP contribution in [0.1, 0.15) is 73.4 Å². The average molecular weight is 618 g/mol. The molecular formula is C38H36FN3O4. The molecular weight excluding hydrogens is 581 g/mol. The van der Waals surface area contributed by atoms with Crippen molar-refractivity contribution in [2.45, 2.75) is 64.0 Å². The van der Waals surface area contributed by atoms with Gasteiger partial charge in [0.25, 0.3) is 11.6 Å². The number of carbonyl (C=O) groups excluding carboxylic acids is 4. The number of benzene rings is 3. The first-order chi connectivity index (χ1) is 22.3. The van der Waals surface area contributed by atoms with Crippen molar-refractivity contribution in [2.24, 2.45) is 0 Å². The maximum Gasteiger partial charge on any atom is 0.274 e. The van der Waals surface area contributed by atoms with Gasteiger partial charge < -0.3 is 10.1 Å². The number of halogens is 1. The zero-order valence-electron chi connectivity index (χ0n) is 25.8. The minimum atomic E-state index is -3.07. The molecule has 0 fully saturated rings. The molecule has 0 aliphatic carbocycles. The van der Waals surface area contributed by atoms with E-state index in [1.165, 1.54) is 24.3 Å². The summed E-state index contributed by atoms with van der Waals surface area (Å²) in [4.78, 5) is 60.4. The summed E-state index contributed by atoms with van der Waals surface area (Å²) in [5, 5.41) is 4.16. The molecule has 1 amide bonds. The van der Waals surface area contributed by atoms with Crippen LogP contribution in [-0.2, 0) is 26.5 Å². The second kappa shape index (κ2) is 14.8. The predicted molar refractivity (Wildman–Crippen MR) is 177 cm³/mol. The summed E-state index contributed by atoms with van der Waals surface area (Å²) < 4.78 is 17.3. The van der Waals surface area contributed by atoms with Crippen LogP contribution in [0.2, 0.25) is 0 Å². The molecule has 8 heteroatoms. The highest BCUT2D eigenvalue weighted by atomic mass is 19.1. The third-order valence-corrected chi connectivity index (χ3v) is 8.18. The SMILES string of the molecule is CC(=O)CCCCCCCC(=O)c1ccc(C(F)(C(=O)Cc2cccc3cccnc23)C(=O)Nc2cccc3cccnc23)cc1. The molecule has 1 N–H and O–H groups in total. The number of hydrogen-bond donors (Lipinski definition) is 1. The molecule has 2 heterocycles. The highest BCUT2D eigenvalue weighted by molar-refractivity contribution is 6.17. The maximum absolute atomic E-state index is 17.3. The Bertz CT molecular complexity index is 1780. The third-order valence-electron chi connectivity index (χ3n) is 8.18. The van der Waals surface area contributed by atoms with E-state index in [-0.39, 0.29) is 29.2 Å². The van der Waals surface area contributed by atoms with Crippen LogP contribution in [0.15, 0.2) is 97.3 Å². The third kappa shape index (κ3) is 7.40. The van der Waals surface area contributed by atoms with Crippen molar-refractivity contribution >= 4 is 50.8 Å². The average Bonchev–Trinajstić information content (AvgIpc) is 3.07. The molecule has 5 aromatic rings. The summed E-state index contributed by atoms with van der Waals surface area (Å²) in [5.74, 6) is -2.02. The molecule has 0 spiro atoms. The van der Waals surface area contributed by atoms with Gasteiger partial charge in [-0.1, -0.05) is 86.0 Å². The van der Waals surface area contributed by atoms with E-state index in [0.29, 0.717) is 41.4 Å². The van der Waals surface area contributed by atoms with Gasteiger partial charge in [-0.05, 0) is 43.5 Å². The van der Waals surface area contributed by atoms with E-state index in [2.05, 4.69) is 15.3 Å². The van der Waals surface area contributed by atoms with Crippen LogP contribution in [0.4, 0.5) is 10.1 Å². The molecule has 1 unspecified atom stereocenters. The number of Topliss-reactive ketones (excluding diaryl/α,β-unsaturated/α-hetero) is 3. The number of alkyl halides is 1. The van der Waals surface area contributed by atoms with Gasteiger partial charge in [0.1, 0.15) is 5.78 Å². The van der Waals surface area contributed by atoms with Crippen LogP contribution in [0, 0.1) is 0 Å². The van der Waals surface area contributed by atoms with Crippen LogP contribution in [0.25, 0.3) is 21.8 Å². The van der Waals surface area contributed by atoms with E-state index in [4.69, 9.17) is 0 Å². The molecule has 1 atom stereocenters. The quantitative estimate of drug-likeness (QED) is 0.0727. The van der Waals surface area contributed by atoms with Crippen LogP contribution in [0.3, 0.4) is 0 Å². The van der Waals surface area contributed by atoms with Gasteiger partial charge in [-0.15, -0.1) is 0 Å². The van der Waals surface area contributed by atoms with Gasteiger partial charge in [0.2, 0.25) is 0 Å². The number of unbranched alkanes of at least 4 members (excludes halogenated alkanes) is 4. The topological polar surface area (TPSA) is 106 Å². The van der Waals surface area contributed by atoms with Crippen molar-refractivity contribution in [3.8, 4) is 0 Å². The molecule has 0 bridgehead atoms. The summed E-state index contributed by atoms with van der Waals surface area (Å²) in [7, 11) is 0. The zero-order valence-corrected chi connectivity index (χ0v) is 25.8. The number of rotatable bonds is 15. The molecule has 0 saturated carbocycles. The molecule has 234 valence electrons. The van der Waals surface area contributed by atoms with Crippen molar-refractivity contribution in [3.05, 3.63) is 114 Å². The van der Waals surface area contributed by atoms with Crippen molar-refractivity contribution < 1.29 is 23.6 Å². The smallest absolute Gasteiger partial charge is 0.274 e. The number of pyridine rings is 2. The van der Waals surface area contributed by atoms with E-state index in [9.17, 15) is 19.2 Å². The molecule has 46 heavy (non-hydrogen) atoms.